The van der Waals surface area contributed by atoms with Gasteiger partial charge in [-0.25, -0.2) is 17.5 Å². The molecule has 0 saturated carbocycles. The van der Waals surface area contributed by atoms with Gasteiger partial charge in [0.15, 0.2) is 0 Å². The van der Waals surface area contributed by atoms with Crippen molar-refractivity contribution in [1.29, 1.82) is 0 Å². The zero-order valence-electron chi connectivity index (χ0n) is 16.4. The summed E-state index contributed by atoms with van der Waals surface area (Å²) < 4.78 is 36.2. The fourth-order valence-corrected chi connectivity index (χ4v) is 3.19. The van der Waals surface area contributed by atoms with Gasteiger partial charge in [0.25, 0.3) is 0 Å². The number of carbonyl (C=O) groups is 1. The van der Waals surface area contributed by atoms with Crippen LogP contribution in [-0.2, 0) is 10.0 Å². The molecule has 0 bridgehead atoms. The highest BCUT2D eigenvalue weighted by Crippen LogP contribution is 2.19. The van der Waals surface area contributed by atoms with Gasteiger partial charge in [-0.2, -0.15) is 0 Å². The molecule has 28 heavy (non-hydrogen) atoms. The van der Waals surface area contributed by atoms with Gasteiger partial charge >= 0.3 is 6.03 Å². The first-order valence-electron chi connectivity index (χ1n) is 8.55. The maximum atomic E-state index is 12.3. The number of rotatable bonds is 8. The highest BCUT2D eigenvalue weighted by molar-refractivity contribution is 7.89. The van der Waals surface area contributed by atoms with E-state index in [1.165, 1.54) is 31.1 Å². The first-order chi connectivity index (χ1) is 13.2. The van der Waals surface area contributed by atoms with Crippen LogP contribution >= 0.6 is 0 Å². The molecule has 9 heteroatoms. The summed E-state index contributed by atoms with van der Waals surface area (Å²) in [6, 6.07) is 12.9. The maximum absolute atomic E-state index is 12.3. The van der Waals surface area contributed by atoms with E-state index in [0.29, 0.717) is 24.6 Å². The van der Waals surface area contributed by atoms with Crippen molar-refractivity contribution in [3.8, 4) is 11.5 Å². The Bertz CT molecular complexity index is 898. The van der Waals surface area contributed by atoms with E-state index in [-0.39, 0.29) is 10.9 Å². The number of sulfonamides is 1. The SMILES string of the molecule is COc1ccc(OCCN(C)C(=O)Nc2cccc(S(=O)(=O)N(C)C)c2)cc1. The van der Waals surface area contributed by atoms with Gasteiger partial charge in [-0.1, -0.05) is 6.07 Å². The lowest BCUT2D eigenvalue weighted by Crippen LogP contribution is -2.34. The molecule has 2 aromatic carbocycles. The Morgan fingerprint density at radius 2 is 1.68 bits per heavy atom. The highest BCUT2D eigenvalue weighted by atomic mass is 32.2. The summed E-state index contributed by atoms with van der Waals surface area (Å²) in [7, 11) is 2.57. The lowest BCUT2D eigenvalue weighted by Gasteiger charge is -2.19. The summed E-state index contributed by atoms with van der Waals surface area (Å²) in [4.78, 5) is 13.9. The minimum atomic E-state index is -3.57. The fraction of sp³-hybridized carbons (Fsp3) is 0.316. The van der Waals surface area contributed by atoms with Crippen LogP contribution in [0.25, 0.3) is 0 Å². The van der Waals surface area contributed by atoms with Crippen molar-refractivity contribution in [3.05, 3.63) is 48.5 Å². The molecule has 0 atom stereocenters. The third-order valence-electron chi connectivity index (χ3n) is 3.97. The molecule has 0 fully saturated rings. The molecule has 0 aliphatic carbocycles. The predicted octanol–water partition coefficient (Wildman–Crippen LogP) is 2.49. The minimum Gasteiger partial charge on any atom is -0.497 e. The van der Waals surface area contributed by atoms with Crippen LogP contribution in [0.3, 0.4) is 0 Å². The molecule has 0 radical (unpaired) electrons. The van der Waals surface area contributed by atoms with Crippen molar-refractivity contribution < 1.29 is 22.7 Å². The largest absolute Gasteiger partial charge is 0.497 e. The van der Waals surface area contributed by atoms with Crippen LogP contribution in [0.1, 0.15) is 0 Å². The van der Waals surface area contributed by atoms with Crippen LogP contribution in [0.4, 0.5) is 10.5 Å². The van der Waals surface area contributed by atoms with E-state index in [1.807, 2.05) is 0 Å². The number of carbonyl (C=O) groups excluding carboxylic acids is 1. The molecule has 0 heterocycles. The second-order valence-corrected chi connectivity index (χ2v) is 8.34. The number of ether oxygens (including phenoxy) is 2. The van der Waals surface area contributed by atoms with Gasteiger partial charge < -0.3 is 19.7 Å². The van der Waals surface area contributed by atoms with Crippen LogP contribution < -0.4 is 14.8 Å². The number of likely N-dealkylation sites (N-methyl/N-ethyl adjacent to an activating group) is 1. The van der Waals surface area contributed by atoms with E-state index < -0.39 is 10.0 Å². The van der Waals surface area contributed by atoms with Crippen molar-refractivity contribution >= 4 is 21.7 Å². The Morgan fingerprint density at radius 3 is 2.29 bits per heavy atom. The number of anilines is 1. The normalized spacial score (nSPS) is 11.2. The quantitative estimate of drug-likeness (QED) is 0.726. The molecule has 0 aliphatic rings. The summed E-state index contributed by atoms with van der Waals surface area (Å²) in [5.41, 5.74) is 0.399. The van der Waals surface area contributed by atoms with Gasteiger partial charge in [0.05, 0.1) is 18.6 Å². The molecule has 152 valence electrons. The summed E-state index contributed by atoms with van der Waals surface area (Å²) in [6.45, 7) is 0.666. The molecule has 2 amide bonds. The average molecular weight is 407 g/mol. The van der Waals surface area contributed by atoms with Gasteiger partial charge in [0.2, 0.25) is 10.0 Å². The topological polar surface area (TPSA) is 88.2 Å². The maximum Gasteiger partial charge on any atom is 0.321 e. The molecular formula is C19H25N3O5S. The number of hydrogen-bond acceptors (Lipinski definition) is 5. The lowest BCUT2D eigenvalue weighted by atomic mass is 10.3. The predicted molar refractivity (Wildman–Crippen MR) is 107 cm³/mol. The third kappa shape index (κ3) is 5.61. The minimum absolute atomic E-state index is 0.112. The number of nitrogens with one attached hydrogen (secondary N) is 1. The summed E-state index contributed by atoms with van der Waals surface area (Å²) >= 11 is 0. The van der Waals surface area contributed by atoms with E-state index in [4.69, 9.17) is 9.47 Å². The molecular weight excluding hydrogens is 382 g/mol. The van der Waals surface area contributed by atoms with Gasteiger partial charge in [-0.15, -0.1) is 0 Å². The first kappa shape index (κ1) is 21.5. The number of nitrogens with zero attached hydrogens (tertiary/aromatic N) is 2. The summed E-state index contributed by atoms with van der Waals surface area (Å²) in [5, 5.41) is 2.69. The second kappa shape index (κ2) is 9.43. The molecule has 0 saturated heterocycles. The van der Waals surface area contributed by atoms with Crippen LogP contribution in [-0.4, -0.2) is 65.1 Å². The van der Waals surface area contributed by atoms with Gasteiger partial charge in [0, 0.05) is 26.8 Å². The number of hydrogen-bond donors (Lipinski definition) is 1. The van der Waals surface area contributed by atoms with Crippen molar-refractivity contribution in [1.82, 2.24) is 9.21 Å². The number of benzene rings is 2. The second-order valence-electron chi connectivity index (χ2n) is 6.19. The zero-order chi connectivity index (χ0) is 20.7. The number of amides is 2. The average Bonchev–Trinajstić information content (AvgIpc) is 2.68. The van der Waals surface area contributed by atoms with E-state index in [0.717, 1.165) is 10.1 Å². The Balaban J connectivity index is 1.89. The number of methoxy groups -OCH3 is 1. The molecule has 0 aromatic heterocycles. The van der Waals surface area contributed by atoms with Gasteiger partial charge in [0.1, 0.15) is 18.1 Å². The number of urea groups is 1. The Hall–Kier alpha value is -2.78. The van der Waals surface area contributed by atoms with E-state index in [1.54, 1.807) is 50.6 Å². The molecule has 0 unspecified atom stereocenters. The van der Waals surface area contributed by atoms with Gasteiger partial charge in [-0.3, -0.25) is 0 Å². The Kier molecular flexibility index (Phi) is 7.24. The molecule has 0 aliphatic heterocycles. The van der Waals surface area contributed by atoms with E-state index in [2.05, 4.69) is 5.32 Å². The third-order valence-corrected chi connectivity index (χ3v) is 5.78. The molecule has 0 spiro atoms. The lowest BCUT2D eigenvalue weighted by molar-refractivity contribution is 0.207. The highest BCUT2D eigenvalue weighted by Gasteiger charge is 2.18. The zero-order valence-corrected chi connectivity index (χ0v) is 17.2. The van der Waals surface area contributed by atoms with Crippen LogP contribution in [0.2, 0.25) is 0 Å². The molecule has 8 nitrogen and oxygen atoms in total. The molecule has 1 N–H and O–H groups in total. The molecule has 2 rings (SSSR count). The van der Waals surface area contributed by atoms with Crippen molar-refractivity contribution in [2.45, 2.75) is 4.90 Å². The first-order valence-corrected chi connectivity index (χ1v) is 9.99. The Labute approximate surface area is 165 Å². The van der Waals surface area contributed by atoms with E-state index in [9.17, 15) is 13.2 Å². The van der Waals surface area contributed by atoms with Crippen LogP contribution in [0, 0.1) is 0 Å². The van der Waals surface area contributed by atoms with Gasteiger partial charge in [-0.05, 0) is 42.5 Å². The van der Waals surface area contributed by atoms with Crippen LogP contribution in [0.15, 0.2) is 53.4 Å². The Morgan fingerprint density at radius 1 is 1.04 bits per heavy atom. The smallest absolute Gasteiger partial charge is 0.321 e. The standard InChI is InChI=1S/C19H25N3O5S/c1-21(2)28(24,25)18-7-5-6-15(14-18)20-19(23)22(3)12-13-27-17-10-8-16(26-4)9-11-17/h5-11,14H,12-13H2,1-4H3,(H,20,23). The van der Waals surface area contributed by atoms with Crippen molar-refractivity contribution in [2.24, 2.45) is 0 Å². The monoisotopic (exact) mass is 407 g/mol. The molecule has 2 aromatic rings. The van der Waals surface area contributed by atoms with Crippen molar-refractivity contribution in [2.75, 3.05) is 46.7 Å². The van der Waals surface area contributed by atoms with Crippen LogP contribution in [0.5, 0.6) is 11.5 Å². The van der Waals surface area contributed by atoms with E-state index >= 15 is 0 Å². The summed E-state index contributed by atoms with van der Waals surface area (Å²) in [6.07, 6.45) is 0. The summed E-state index contributed by atoms with van der Waals surface area (Å²) in [5.74, 6) is 1.42. The van der Waals surface area contributed by atoms with Crippen molar-refractivity contribution in [3.63, 3.8) is 0 Å². The fourth-order valence-electron chi connectivity index (χ4n) is 2.24.